The molecule has 1 saturated heterocycles. The van der Waals surface area contributed by atoms with Gasteiger partial charge in [0.1, 0.15) is 0 Å². The van der Waals surface area contributed by atoms with Crippen molar-refractivity contribution in [3.8, 4) is 0 Å². The lowest BCUT2D eigenvalue weighted by molar-refractivity contribution is 0.465. The van der Waals surface area contributed by atoms with Crippen LogP contribution in [0.25, 0.3) is 0 Å². The van der Waals surface area contributed by atoms with Gasteiger partial charge in [0.25, 0.3) is 0 Å². The first-order valence-corrected chi connectivity index (χ1v) is 8.39. The summed E-state index contributed by atoms with van der Waals surface area (Å²) in [6, 6.07) is 5.79. The van der Waals surface area contributed by atoms with E-state index in [0.717, 1.165) is 30.1 Å². The number of hydrogen-bond acceptors (Lipinski definition) is 3. The minimum atomic E-state index is 0.602. The summed E-state index contributed by atoms with van der Waals surface area (Å²) in [6.45, 7) is 2.23. The molecule has 0 amide bonds. The minimum absolute atomic E-state index is 0.602. The molecular weight excluding hydrogens is 311 g/mol. The van der Waals surface area contributed by atoms with Crippen LogP contribution in [-0.4, -0.2) is 18.1 Å². The number of piperidine rings is 1. The van der Waals surface area contributed by atoms with Crippen molar-refractivity contribution in [2.45, 2.75) is 25.2 Å². The third kappa shape index (κ3) is 3.34. The van der Waals surface area contributed by atoms with Crippen LogP contribution in [0.3, 0.4) is 0 Å². The molecule has 1 aliphatic heterocycles. The molecule has 1 fully saturated rings. The lowest BCUT2D eigenvalue weighted by Gasteiger charge is -2.20. The molecule has 2 aromatic rings. The first kappa shape index (κ1) is 14.3. The summed E-state index contributed by atoms with van der Waals surface area (Å²) in [5, 5.41) is 5.76. The standard InChI is InChI=1S/C15H16Cl2N2S/c16-12-2-1-10(7-13(12)17)8-15-19-9-14(20-15)11-3-5-18-6-4-11/h1-2,7,9,11,18H,3-6,8H2. The van der Waals surface area contributed by atoms with Crippen LogP contribution in [-0.2, 0) is 6.42 Å². The molecule has 0 atom stereocenters. The molecule has 0 spiro atoms. The number of nitrogens with zero attached hydrogens (tertiary/aromatic N) is 1. The quantitative estimate of drug-likeness (QED) is 0.897. The molecular formula is C15H16Cl2N2S. The summed E-state index contributed by atoms with van der Waals surface area (Å²) in [4.78, 5) is 5.98. The fraction of sp³-hybridized carbons (Fsp3) is 0.400. The van der Waals surface area contributed by atoms with Gasteiger partial charge in [0.2, 0.25) is 0 Å². The predicted molar refractivity (Wildman–Crippen MR) is 86.2 cm³/mol. The smallest absolute Gasteiger partial charge is 0.0971 e. The van der Waals surface area contributed by atoms with Gasteiger partial charge >= 0.3 is 0 Å². The van der Waals surface area contributed by atoms with E-state index in [1.807, 2.05) is 35.7 Å². The first-order chi connectivity index (χ1) is 9.72. The van der Waals surface area contributed by atoms with Gasteiger partial charge in [-0.05, 0) is 49.5 Å². The van der Waals surface area contributed by atoms with E-state index in [0.29, 0.717) is 16.0 Å². The molecule has 5 heteroatoms. The van der Waals surface area contributed by atoms with Crippen molar-refractivity contribution in [3.05, 3.63) is 49.9 Å². The third-order valence-corrected chi connectivity index (χ3v) is 5.55. The molecule has 20 heavy (non-hydrogen) atoms. The van der Waals surface area contributed by atoms with Gasteiger partial charge in [-0.2, -0.15) is 0 Å². The molecule has 106 valence electrons. The van der Waals surface area contributed by atoms with Crippen molar-refractivity contribution in [2.24, 2.45) is 0 Å². The van der Waals surface area contributed by atoms with E-state index in [9.17, 15) is 0 Å². The van der Waals surface area contributed by atoms with E-state index in [-0.39, 0.29) is 0 Å². The van der Waals surface area contributed by atoms with Crippen molar-refractivity contribution >= 4 is 34.5 Å². The Morgan fingerprint density at radius 1 is 1.20 bits per heavy atom. The Bertz CT molecular complexity index is 591. The molecule has 3 rings (SSSR count). The van der Waals surface area contributed by atoms with Crippen LogP contribution in [0.5, 0.6) is 0 Å². The van der Waals surface area contributed by atoms with E-state index in [1.54, 1.807) is 0 Å². The molecule has 0 bridgehead atoms. The number of thiazole rings is 1. The van der Waals surface area contributed by atoms with Crippen LogP contribution in [0.2, 0.25) is 10.0 Å². The average molecular weight is 327 g/mol. The maximum Gasteiger partial charge on any atom is 0.0971 e. The van der Waals surface area contributed by atoms with Gasteiger partial charge in [-0.1, -0.05) is 29.3 Å². The fourth-order valence-corrected chi connectivity index (χ4v) is 3.97. The van der Waals surface area contributed by atoms with Gasteiger partial charge in [-0.15, -0.1) is 11.3 Å². The molecule has 0 saturated carbocycles. The van der Waals surface area contributed by atoms with E-state index in [1.165, 1.54) is 17.7 Å². The maximum absolute atomic E-state index is 6.05. The highest BCUT2D eigenvalue weighted by molar-refractivity contribution is 7.11. The number of benzene rings is 1. The van der Waals surface area contributed by atoms with Crippen LogP contribution in [0, 0.1) is 0 Å². The van der Waals surface area contributed by atoms with E-state index in [2.05, 4.69) is 10.3 Å². The highest BCUT2D eigenvalue weighted by atomic mass is 35.5. The molecule has 0 unspecified atom stereocenters. The van der Waals surface area contributed by atoms with Crippen LogP contribution in [0.4, 0.5) is 0 Å². The summed E-state index contributed by atoms with van der Waals surface area (Å²) in [5.74, 6) is 0.677. The van der Waals surface area contributed by atoms with Gasteiger partial charge in [-0.3, -0.25) is 0 Å². The Hall–Kier alpha value is -0.610. The Balaban J connectivity index is 1.71. The molecule has 2 nitrogen and oxygen atoms in total. The largest absolute Gasteiger partial charge is 0.317 e. The van der Waals surface area contributed by atoms with Crippen LogP contribution in [0.1, 0.15) is 34.2 Å². The summed E-state index contributed by atoms with van der Waals surface area (Å²) < 4.78 is 0. The zero-order valence-corrected chi connectivity index (χ0v) is 13.4. The van der Waals surface area contributed by atoms with Gasteiger partial charge < -0.3 is 5.32 Å². The average Bonchev–Trinajstić information content (AvgIpc) is 2.92. The summed E-state index contributed by atoms with van der Waals surface area (Å²) in [6.07, 6.45) is 5.31. The molecule has 1 aliphatic rings. The SMILES string of the molecule is Clc1ccc(Cc2ncc(C3CCNCC3)s2)cc1Cl. The van der Waals surface area contributed by atoms with Crippen molar-refractivity contribution < 1.29 is 0 Å². The second-order valence-electron chi connectivity index (χ2n) is 5.11. The third-order valence-electron chi connectivity index (χ3n) is 3.65. The minimum Gasteiger partial charge on any atom is -0.317 e. The maximum atomic E-state index is 6.05. The van der Waals surface area contributed by atoms with Crippen molar-refractivity contribution in [2.75, 3.05) is 13.1 Å². The van der Waals surface area contributed by atoms with Crippen molar-refractivity contribution in [1.82, 2.24) is 10.3 Å². The summed E-state index contributed by atoms with van der Waals surface area (Å²) in [5.41, 5.74) is 1.16. The van der Waals surface area contributed by atoms with E-state index >= 15 is 0 Å². The number of hydrogen-bond donors (Lipinski definition) is 1. The molecule has 1 aromatic heterocycles. The normalized spacial score (nSPS) is 16.5. The molecule has 0 aliphatic carbocycles. The lowest BCUT2D eigenvalue weighted by Crippen LogP contribution is -2.26. The monoisotopic (exact) mass is 326 g/mol. The van der Waals surface area contributed by atoms with E-state index < -0.39 is 0 Å². The van der Waals surface area contributed by atoms with E-state index in [4.69, 9.17) is 23.2 Å². The Morgan fingerprint density at radius 3 is 2.75 bits per heavy atom. The number of aromatic nitrogens is 1. The molecule has 2 heterocycles. The molecule has 0 radical (unpaired) electrons. The highest BCUT2D eigenvalue weighted by Crippen LogP contribution is 2.31. The Kier molecular flexibility index (Phi) is 4.61. The van der Waals surface area contributed by atoms with Gasteiger partial charge in [0, 0.05) is 17.5 Å². The number of halogens is 2. The first-order valence-electron chi connectivity index (χ1n) is 6.81. The molecule has 1 N–H and O–H groups in total. The number of nitrogens with one attached hydrogen (secondary N) is 1. The van der Waals surface area contributed by atoms with Crippen LogP contribution < -0.4 is 5.32 Å². The second-order valence-corrected chi connectivity index (χ2v) is 7.07. The second kappa shape index (κ2) is 6.44. The van der Waals surface area contributed by atoms with Crippen molar-refractivity contribution in [3.63, 3.8) is 0 Å². The van der Waals surface area contributed by atoms with Crippen LogP contribution >= 0.6 is 34.5 Å². The lowest BCUT2D eigenvalue weighted by atomic mass is 9.97. The summed E-state index contributed by atoms with van der Waals surface area (Å²) in [7, 11) is 0. The fourth-order valence-electron chi connectivity index (χ4n) is 2.53. The number of rotatable bonds is 3. The predicted octanol–water partition coefficient (Wildman–Crippen LogP) is 4.51. The van der Waals surface area contributed by atoms with Crippen LogP contribution in [0.15, 0.2) is 24.4 Å². The van der Waals surface area contributed by atoms with Gasteiger partial charge in [0.05, 0.1) is 15.1 Å². The zero-order valence-electron chi connectivity index (χ0n) is 11.0. The summed E-state index contributed by atoms with van der Waals surface area (Å²) >= 11 is 13.8. The Labute approximate surface area is 133 Å². The van der Waals surface area contributed by atoms with Gasteiger partial charge in [0.15, 0.2) is 0 Å². The highest BCUT2D eigenvalue weighted by Gasteiger charge is 2.17. The Morgan fingerprint density at radius 2 is 2.00 bits per heavy atom. The van der Waals surface area contributed by atoms with Crippen molar-refractivity contribution in [1.29, 1.82) is 0 Å². The van der Waals surface area contributed by atoms with Gasteiger partial charge in [-0.25, -0.2) is 4.98 Å². The topological polar surface area (TPSA) is 24.9 Å². The molecule has 1 aromatic carbocycles. The zero-order chi connectivity index (χ0) is 13.9.